The lowest BCUT2D eigenvalue weighted by Crippen LogP contribution is -2.38. The number of benzene rings is 1. The van der Waals surface area contributed by atoms with Crippen molar-refractivity contribution in [3.63, 3.8) is 0 Å². The fourth-order valence-electron chi connectivity index (χ4n) is 1.94. The lowest BCUT2D eigenvalue weighted by molar-refractivity contribution is 0.0498. The maximum absolute atomic E-state index is 12.3. The summed E-state index contributed by atoms with van der Waals surface area (Å²) in [5.74, 6) is -0.186. The summed E-state index contributed by atoms with van der Waals surface area (Å²) in [7, 11) is -2.13. The van der Waals surface area contributed by atoms with Gasteiger partial charge in [0.1, 0.15) is 5.75 Å². The van der Waals surface area contributed by atoms with Crippen molar-refractivity contribution in [3.8, 4) is 5.75 Å². The van der Waals surface area contributed by atoms with E-state index in [1.165, 1.54) is 6.07 Å². The Labute approximate surface area is 139 Å². The first-order valence-electron chi connectivity index (χ1n) is 7.76. The molecular weight excluding hydrogens is 316 g/mol. The first-order chi connectivity index (χ1) is 10.1. The smallest absolute Gasteiger partial charge is 0.338 e. The Morgan fingerprint density at radius 3 is 2.55 bits per heavy atom. The Balaban J connectivity index is 3.03. The number of carbonyl (C=O) groups excluding carboxylic acids is 1. The van der Waals surface area contributed by atoms with E-state index in [9.17, 15) is 9.90 Å². The molecule has 1 aromatic carbocycles. The van der Waals surface area contributed by atoms with Gasteiger partial charge in [-0.05, 0) is 41.3 Å². The van der Waals surface area contributed by atoms with E-state index in [2.05, 4.69) is 27.3 Å². The highest BCUT2D eigenvalue weighted by Gasteiger charge is 2.39. The average Bonchev–Trinajstić information content (AvgIpc) is 2.37. The number of phenols is 1. The number of unbranched alkanes of at least 4 members (excludes halogenated alkanes) is 1. The van der Waals surface area contributed by atoms with Crippen molar-refractivity contribution >= 4 is 24.4 Å². The van der Waals surface area contributed by atoms with Crippen LogP contribution in [0.25, 0.3) is 0 Å². The van der Waals surface area contributed by atoms with Crippen molar-refractivity contribution in [2.75, 3.05) is 6.61 Å². The molecular formula is C17H27ClO3Si. The van der Waals surface area contributed by atoms with Gasteiger partial charge >= 0.3 is 5.97 Å². The van der Waals surface area contributed by atoms with Crippen molar-refractivity contribution in [3.05, 3.63) is 29.3 Å². The molecule has 1 unspecified atom stereocenters. The lowest BCUT2D eigenvalue weighted by Gasteiger charge is -2.34. The number of ether oxygens (including phenoxy) is 1. The van der Waals surface area contributed by atoms with Crippen LogP contribution in [0.4, 0.5) is 0 Å². The van der Waals surface area contributed by atoms with Crippen LogP contribution in [0.1, 0.15) is 56.5 Å². The minimum Gasteiger partial charge on any atom is -0.508 e. The molecule has 22 heavy (non-hydrogen) atoms. The zero-order chi connectivity index (χ0) is 17.0. The predicted molar refractivity (Wildman–Crippen MR) is 94.2 cm³/mol. The zero-order valence-electron chi connectivity index (χ0n) is 14.2. The molecule has 124 valence electrons. The quantitative estimate of drug-likeness (QED) is 0.341. The Bertz CT molecular complexity index is 521. The second-order valence-corrected chi connectivity index (χ2v) is 13.7. The van der Waals surface area contributed by atoms with Crippen molar-refractivity contribution in [1.29, 1.82) is 0 Å². The number of hydrogen-bond acceptors (Lipinski definition) is 3. The topological polar surface area (TPSA) is 46.5 Å². The van der Waals surface area contributed by atoms with Crippen LogP contribution < -0.4 is 0 Å². The fourth-order valence-corrected chi connectivity index (χ4v) is 3.91. The van der Waals surface area contributed by atoms with E-state index in [0.29, 0.717) is 18.2 Å². The van der Waals surface area contributed by atoms with E-state index in [1.807, 2.05) is 6.92 Å². The highest BCUT2D eigenvalue weighted by atomic mass is 35.6. The van der Waals surface area contributed by atoms with Crippen molar-refractivity contribution < 1.29 is 14.6 Å². The molecule has 0 bridgehead atoms. The molecule has 0 aromatic heterocycles. The molecule has 0 radical (unpaired) electrons. The summed E-state index contributed by atoms with van der Waals surface area (Å²) in [5, 5.41) is 9.74. The van der Waals surface area contributed by atoms with Crippen LogP contribution in [0.15, 0.2) is 18.2 Å². The summed E-state index contributed by atoms with van der Waals surface area (Å²) < 4.78 is 5.30. The molecule has 0 spiro atoms. The SMILES string of the molecule is CCCCOC(=O)c1ccc(O)cc1C[Si](C)(Cl)C(C)(C)C. The molecule has 1 N–H and O–H groups in total. The van der Waals surface area contributed by atoms with Gasteiger partial charge in [0.15, 0.2) is 7.38 Å². The second kappa shape index (κ2) is 7.51. The normalized spacial score (nSPS) is 14.5. The van der Waals surface area contributed by atoms with Gasteiger partial charge in [0, 0.05) is 0 Å². The van der Waals surface area contributed by atoms with Gasteiger partial charge in [-0.3, -0.25) is 0 Å². The summed E-state index contributed by atoms with van der Waals surface area (Å²) in [6.45, 7) is 10.9. The largest absolute Gasteiger partial charge is 0.508 e. The van der Waals surface area contributed by atoms with Gasteiger partial charge in [0.05, 0.1) is 12.2 Å². The summed E-state index contributed by atoms with van der Waals surface area (Å²) in [5.41, 5.74) is 1.29. The molecule has 0 aliphatic carbocycles. The second-order valence-electron chi connectivity index (χ2n) is 6.96. The summed E-state index contributed by atoms with van der Waals surface area (Å²) in [4.78, 5) is 12.3. The van der Waals surface area contributed by atoms with E-state index in [-0.39, 0.29) is 16.8 Å². The third kappa shape index (κ3) is 5.02. The molecule has 0 saturated carbocycles. The first-order valence-corrected chi connectivity index (χ1v) is 11.5. The highest BCUT2D eigenvalue weighted by Crippen LogP contribution is 2.41. The van der Waals surface area contributed by atoms with Crippen molar-refractivity contribution in [2.24, 2.45) is 0 Å². The van der Waals surface area contributed by atoms with Crippen molar-refractivity contribution in [1.82, 2.24) is 0 Å². The van der Waals surface area contributed by atoms with Crippen LogP contribution in [-0.4, -0.2) is 25.1 Å². The Hall–Kier alpha value is -1.00. The molecule has 0 saturated heterocycles. The molecule has 0 heterocycles. The molecule has 5 heteroatoms. The maximum Gasteiger partial charge on any atom is 0.338 e. The molecule has 0 amide bonds. The number of aromatic hydroxyl groups is 1. The van der Waals surface area contributed by atoms with Gasteiger partial charge < -0.3 is 9.84 Å². The van der Waals surface area contributed by atoms with Crippen LogP contribution in [0.2, 0.25) is 11.6 Å². The Morgan fingerprint density at radius 1 is 1.36 bits per heavy atom. The van der Waals surface area contributed by atoms with Gasteiger partial charge in [-0.2, -0.15) is 11.1 Å². The number of hydrogen-bond donors (Lipinski definition) is 1. The first kappa shape index (κ1) is 19.0. The van der Waals surface area contributed by atoms with Gasteiger partial charge in [-0.1, -0.05) is 40.7 Å². The van der Waals surface area contributed by atoms with Crippen LogP contribution in [0, 0.1) is 0 Å². The van der Waals surface area contributed by atoms with Gasteiger partial charge in [-0.15, -0.1) is 0 Å². The van der Waals surface area contributed by atoms with E-state index in [4.69, 9.17) is 15.8 Å². The highest BCUT2D eigenvalue weighted by molar-refractivity contribution is 7.20. The number of rotatable bonds is 6. The van der Waals surface area contributed by atoms with Gasteiger partial charge in [0.25, 0.3) is 0 Å². The van der Waals surface area contributed by atoms with Crippen LogP contribution in [-0.2, 0) is 10.8 Å². The zero-order valence-corrected chi connectivity index (χ0v) is 16.0. The average molecular weight is 343 g/mol. The standard InChI is InChI=1S/C17H27ClO3Si/c1-6-7-10-21-16(20)15-9-8-14(19)11-13(15)12-22(5,18)17(2,3)4/h8-9,11,19H,6-7,10,12H2,1-5H3. The fraction of sp³-hybridized carbons (Fsp3) is 0.588. The predicted octanol–water partition coefficient (Wildman–Crippen LogP) is 5.05. The number of esters is 1. The number of phenolic OH excluding ortho intramolecular Hbond substituents is 1. The minimum absolute atomic E-state index is 0.0105. The van der Waals surface area contributed by atoms with E-state index < -0.39 is 7.38 Å². The molecule has 0 aliphatic rings. The van der Waals surface area contributed by atoms with Crippen LogP contribution in [0.5, 0.6) is 5.75 Å². The van der Waals surface area contributed by atoms with Gasteiger partial charge in [-0.25, -0.2) is 4.79 Å². The lowest BCUT2D eigenvalue weighted by atomic mass is 10.1. The summed E-state index contributed by atoms with van der Waals surface area (Å²) >= 11 is 6.81. The molecule has 3 nitrogen and oxygen atoms in total. The van der Waals surface area contributed by atoms with E-state index >= 15 is 0 Å². The Kier molecular flexibility index (Phi) is 6.50. The summed E-state index contributed by atoms with van der Waals surface area (Å²) in [6.07, 6.45) is 1.83. The molecule has 0 fully saturated rings. The maximum atomic E-state index is 12.3. The van der Waals surface area contributed by atoms with Crippen LogP contribution >= 0.6 is 11.1 Å². The molecule has 0 aliphatic heterocycles. The van der Waals surface area contributed by atoms with E-state index in [1.54, 1.807) is 12.1 Å². The number of halogens is 1. The third-order valence-electron chi connectivity index (χ3n) is 4.13. The minimum atomic E-state index is -2.13. The number of carbonyl (C=O) groups is 1. The van der Waals surface area contributed by atoms with Gasteiger partial charge in [0.2, 0.25) is 0 Å². The summed E-state index contributed by atoms with van der Waals surface area (Å²) in [6, 6.07) is 5.40. The monoisotopic (exact) mass is 342 g/mol. The molecule has 1 aromatic rings. The van der Waals surface area contributed by atoms with Crippen LogP contribution in [0.3, 0.4) is 0 Å². The molecule has 1 atom stereocenters. The third-order valence-corrected chi connectivity index (χ3v) is 10.4. The molecule has 1 rings (SSSR count). The Morgan fingerprint density at radius 2 is 2.00 bits per heavy atom. The van der Waals surface area contributed by atoms with E-state index in [0.717, 1.165) is 18.4 Å². The van der Waals surface area contributed by atoms with Crippen molar-refractivity contribution in [2.45, 2.75) is 58.2 Å².